The lowest BCUT2D eigenvalue weighted by molar-refractivity contribution is -0.132. The smallest absolute Gasteiger partial charge is 0.336 e. The van der Waals surface area contributed by atoms with Gasteiger partial charge in [0.25, 0.3) is 5.91 Å². The molecule has 0 spiro atoms. The highest BCUT2D eigenvalue weighted by Gasteiger charge is 2.11. The molecule has 0 unspecified atom stereocenters. The SMILES string of the molecule is CCCCN(C)C(=O)COc1ccc2c(-c3ccccc3)cc(=O)oc2c1. The summed E-state index contributed by atoms with van der Waals surface area (Å²) >= 11 is 0. The summed E-state index contributed by atoms with van der Waals surface area (Å²) in [6, 6.07) is 16.5. The van der Waals surface area contributed by atoms with E-state index in [4.69, 9.17) is 9.15 Å². The number of hydrogen-bond donors (Lipinski definition) is 0. The molecule has 0 saturated heterocycles. The topological polar surface area (TPSA) is 59.8 Å². The van der Waals surface area contributed by atoms with E-state index in [-0.39, 0.29) is 12.5 Å². The molecule has 1 aromatic heterocycles. The molecule has 5 heteroatoms. The van der Waals surface area contributed by atoms with Crippen molar-refractivity contribution in [1.82, 2.24) is 4.90 Å². The Morgan fingerprint density at radius 2 is 1.89 bits per heavy atom. The minimum absolute atomic E-state index is 0.0473. The van der Waals surface area contributed by atoms with E-state index in [0.29, 0.717) is 17.9 Å². The van der Waals surface area contributed by atoms with E-state index in [0.717, 1.165) is 29.4 Å². The zero-order chi connectivity index (χ0) is 19.2. The molecule has 140 valence electrons. The van der Waals surface area contributed by atoms with Gasteiger partial charge in [-0.15, -0.1) is 0 Å². The van der Waals surface area contributed by atoms with Crippen molar-refractivity contribution in [2.75, 3.05) is 20.2 Å². The Morgan fingerprint density at radius 3 is 2.63 bits per heavy atom. The first-order valence-electron chi connectivity index (χ1n) is 9.08. The third-order valence-corrected chi connectivity index (χ3v) is 4.44. The molecular formula is C22H23NO4. The van der Waals surface area contributed by atoms with E-state index in [1.165, 1.54) is 6.07 Å². The van der Waals surface area contributed by atoms with Crippen molar-refractivity contribution in [2.45, 2.75) is 19.8 Å². The highest BCUT2D eigenvalue weighted by atomic mass is 16.5. The molecule has 1 heterocycles. The van der Waals surface area contributed by atoms with Gasteiger partial charge < -0.3 is 14.1 Å². The predicted octanol–water partition coefficient (Wildman–Crippen LogP) is 4.10. The second kappa shape index (κ2) is 8.54. The largest absolute Gasteiger partial charge is 0.484 e. The van der Waals surface area contributed by atoms with Crippen LogP contribution in [0.3, 0.4) is 0 Å². The van der Waals surface area contributed by atoms with Crippen LogP contribution in [-0.4, -0.2) is 31.0 Å². The zero-order valence-corrected chi connectivity index (χ0v) is 15.6. The molecule has 1 amide bonds. The van der Waals surface area contributed by atoms with Crippen molar-refractivity contribution >= 4 is 16.9 Å². The number of nitrogens with zero attached hydrogens (tertiary/aromatic N) is 1. The molecule has 0 atom stereocenters. The number of carbonyl (C=O) groups is 1. The molecule has 0 bridgehead atoms. The Kier molecular flexibility index (Phi) is 5.91. The van der Waals surface area contributed by atoms with Gasteiger partial charge in [-0.25, -0.2) is 4.79 Å². The van der Waals surface area contributed by atoms with Gasteiger partial charge in [0.2, 0.25) is 0 Å². The van der Waals surface area contributed by atoms with E-state index in [2.05, 4.69) is 6.92 Å². The molecule has 2 aromatic carbocycles. The Hall–Kier alpha value is -3.08. The maximum Gasteiger partial charge on any atom is 0.336 e. The van der Waals surface area contributed by atoms with Crippen LogP contribution in [0.25, 0.3) is 22.1 Å². The van der Waals surface area contributed by atoms with E-state index in [9.17, 15) is 9.59 Å². The van der Waals surface area contributed by atoms with Gasteiger partial charge in [0.1, 0.15) is 11.3 Å². The lowest BCUT2D eigenvalue weighted by Crippen LogP contribution is -2.32. The molecule has 0 radical (unpaired) electrons. The van der Waals surface area contributed by atoms with Crippen LogP contribution >= 0.6 is 0 Å². The monoisotopic (exact) mass is 365 g/mol. The zero-order valence-electron chi connectivity index (χ0n) is 15.6. The van der Waals surface area contributed by atoms with Gasteiger partial charge >= 0.3 is 5.63 Å². The standard InChI is InChI=1S/C22H23NO4/c1-3-4-12-23(2)21(24)15-26-17-10-11-18-19(16-8-6-5-7-9-16)14-22(25)27-20(18)13-17/h5-11,13-14H,3-4,12,15H2,1-2H3. The van der Waals surface area contributed by atoms with Gasteiger partial charge in [0.15, 0.2) is 6.61 Å². The van der Waals surface area contributed by atoms with Crippen LogP contribution in [0.1, 0.15) is 19.8 Å². The van der Waals surface area contributed by atoms with Crippen molar-refractivity contribution in [1.29, 1.82) is 0 Å². The molecule has 3 aromatic rings. The van der Waals surface area contributed by atoms with Crippen molar-refractivity contribution < 1.29 is 13.9 Å². The van der Waals surface area contributed by atoms with Gasteiger partial charge in [-0.2, -0.15) is 0 Å². The second-order valence-corrected chi connectivity index (χ2v) is 6.46. The maximum absolute atomic E-state index is 12.1. The van der Waals surface area contributed by atoms with Gasteiger partial charge in [-0.3, -0.25) is 4.79 Å². The fourth-order valence-corrected chi connectivity index (χ4v) is 2.86. The van der Waals surface area contributed by atoms with E-state index >= 15 is 0 Å². The van der Waals surface area contributed by atoms with Gasteiger partial charge in [0, 0.05) is 31.1 Å². The third kappa shape index (κ3) is 4.56. The fourth-order valence-electron chi connectivity index (χ4n) is 2.86. The molecule has 3 rings (SSSR count). The Morgan fingerprint density at radius 1 is 1.11 bits per heavy atom. The summed E-state index contributed by atoms with van der Waals surface area (Å²) in [6.45, 7) is 2.75. The first-order valence-corrected chi connectivity index (χ1v) is 9.08. The first kappa shape index (κ1) is 18.7. The minimum Gasteiger partial charge on any atom is -0.484 e. The van der Waals surface area contributed by atoms with Crippen LogP contribution in [0.15, 0.2) is 63.8 Å². The average molecular weight is 365 g/mol. The van der Waals surface area contributed by atoms with Crippen molar-refractivity contribution in [3.05, 3.63) is 65.0 Å². The quantitative estimate of drug-likeness (QED) is 0.592. The summed E-state index contributed by atoms with van der Waals surface area (Å²) in [7, 11) is 1.77. The van der Waals surface area contributed by atoms with Crippen LogP contribution in [-0.2, 0) is 4.79 Å². The van der Waals surface area contributed by atoms with E-state index in [1.54, 1.807) is 24.1 Å². The van der Waals surface area contributed by atoms with Crippen LogP contribution in [0.2, 0.25) is 0 Å². The molecule has 0 fully saturated rings. The first-order chi connectivity index (χ1) is 13.1. The number of amides is 1. The molecule has 0 aliphatic carbocycles. The van der Waals surface area contributed by atoms with E-state index < -0.39 is 5.63 Å². The fraction of sp³-hybridized carbons (Fsp3) is 0.273. The highest BCUT2D eigenvalue weighted by molar-refractivity contribution is 5.93. The van der Waals surface area contributed by atoms with Crippen LogP contribution in [0, 0.1) is 0 Å². The van der Waals surface area contributed by atoms with Gasteiger partial charge in [-0.1, -0.05) is 43.7 Å². The predicted molar refractivity (Wildman–Crippen MR) is 106 cm³/mol. The van der Waals surface area contributed by atoms with Crippen LogP contribution in [0.4, 0.5) is 0 Å². The number of unbranched alkanes of at least 4 members (excludes halogenated alkanes) is 1. The maximum atomic E-state index is 12.1. The second-order valence-electron chi connectivity index (χ2n) is 6.46. The lowest BCUT2D eigenvalue weighted by atomic mass is 10.0. The summed E-state index contributed by atoms with van der Waals surface area (Å²) in [5.74, 6) is 0.413. The number of hydrogen-bond acceptors (Lipinski definition) is 4. The van der Waals surface area contributed by atoms with Crippen molar-refractivity contribution in [3.63, 3.8) is 0 Å². The number of likely N-dealkylation sites (N-methyl/N-ethyl adjacent to an activating group) is 1. The summed E-state index contributed by atoms with van der Waals surface area (Å²) in [5, 5.41) is 0.819. The average Bonchev–Trinajstić information content (AvgIpc) is 2.69. The van der Waals surface area contributed by atoms with Gasteiger partial charge in [-0.05, 0) is 29.7 Å². The minimum atomic E-state index is -0.422. The normalized spacial score (nSPS) is 10.7. The number of benzene rings is 2. The van der Waals surface area contributed by atoms with Gasteiger partial charge in [0.05, 0.1) is 0 Å². The molecule has 5 nitrogen and oxygen atoms in total. The number of carbonyl (C=O) groups excluding carboxylic acids is 1. The molecule has 27 heavy (non-hydrogen) atoms. The Labute approximate surface area is 158 Å². The van der Waals surface area contributed by atoms with Crippen LogP contribution in [0.5, 0.6) is 5.75 Å². The summed E-state index contributed by atoms with van der Waals surface area (Å²) in [5.41, 5.74) is 1.76. The Balaban J connectivity index is 1.82. The lowest BCUT2D eigenvalue weighted by Gasteiger charge is -2.17. The Bertz CT molecular complexity index is 979. The number of rotatable bonds is 7. The third-order valence-electron chi connectivity index (χ3n) is 4.44. The van der Waals surface area contributed by atoms with Crippen molar-refractivity contribution in [2.24, 2.45) is 0 Å². The molecule has 0 aliphatic rings. The van der Waals surface area contributed by atoms with E-state index in [1.807, 2.05) is 36.4 Å². The number of fused-ring (bicyclic) bond motifs is 1. The molecule has 0 saturated carbocycles. The summed E-state index contributed by atoms with van der Waals surface area (Å²) in [4.78, 5) is 25.7. The molecular weight excluding hydrogens is 342 g/mol. The molecule has 0 N–H and O–H groups in total. The summed E-state index contributed by atoms with van der Waals surface area (Å²) < 4.78 is 11.0. The van der Waals surface area contributed by atoms with Crippen molar-refractivity contribution in [3.8, 4) is 16.9 Å². The highest BCUT2D eigenvalue weighted by Crippen LogP contribution is 2.29. The summed E-state index contributed by atoms with van der Waals surface area (Å²) in [6.07, 6.45) is 2.00. The molecule has 0 aliphatic heterocycles. The number of ether oxygens (including phenoxy) is 1. The van der Waals surface area contributed by atoms with Crippen LogP contribution < -0.4 is 10.4 Å².